The van der Waals surface area contributed by atoms with E-state index in [-0.39, 0.29) is 6.61 Å². The van der Waals surface area contributed by atoms with Crippen LogP contribution in [0.25, 0.3) is 11.4 Å². The van der Waals surface area contributed by atoms with E-state index in [4.69, 9.17) is 14.5 Å². The summed E-state index contributed by atoms with van der Waals surface area (Å²) in [6.07, 6.45) is 1.46. The number of aryl methyl sites for hydroxylation is 1. The number of hydrogen-bond donors (Lipinski definition) is 2. The highest BCUT2D eigenvalue weighted by molar-refractivity contribution is 5.60. The average molecular weight is 386 g/mol. The van der Waals surface area contributed by atoms with Gasteiger partial charge < -0.3 is 24.8 Å². The van der Waals surface area contributed by atoms with Gasteiger partial charge in [-0.25, -0.2) is 9.97 Å². The van der Waals surface area contributed by atoms with E-state index >= 15 is 0 Å². The first kappa shape index (κ1) is 20.5. The third-order valence-electron chi connectivity index (χ3n) is 4.91. The Bertz CT molecular complexity index is 765. The molecule has 1 aromatic carbocycles. The summed E-state index contributed by atoms with van der Waals surface area (Å²) < 4.78 is 11.2. The number of ether oxygens (including phenoxy) is 2. The Morgan fingerprint density at radius 3 is 2.82 bits per heavy atom. The normalized spacial score (nSPS) is 16.0. The number of aliphatic hydroxyl groups excluding tert-OH is 1. The van der Waals surface area contributed by atoms with Gasteiger partial charge in [0.15, 0.2) is 5.82 Å². The van der Waals surface area contributed by atoms with Crippen molar-refractivity contribution in [2.45, 2.75) is 31.9 Å². The molecule has 3 rings (SSSR count). The van der Waals surface area contributed by atoms with Crippen molar-refractivity contribution in [3.63, 3.8) is 0 Å². The van der Waals surface area contributed by atoms with Crippen molar-refractivity contribution in [3.05, 3.63) is 36.0 Å². The van der Waals surface area contributed by atoms with E-state index in [2.05, 4.69) is 22.2 Å². The van der Waals surface area contributed by atoms with Gasteiger partial charge in [0.2, 0.25) is 0 Å². The minimum atomic E-state index is -0.552. The summed E-state index contributed by atoms with van der Waals surface area (Å²) >= 11 is 0. The predicted molar refractivity (Wildman–Crippen MR) is 110 cm³/mol. The smallest absolute Gasteiger partial charge is 0.161 e. The van der Waals surface area contributed by atoms with Gasteiger partial charge in [0.05, 0.1) is 0 Å². The molecule has 0 amide bonds. The fourth-order valence-corrected chi connectivity index (χ4v) is 3.33. The van der Waals surface area contributed by atoms with Crippen LogP contribution in [0.15, 0.2) is 30.3 Å². The van der Waals surface area contributed by atoms with E-state index in [1.165, 1.54) is 0 Å². The maximum Gasteiger partial charge on any atom is 0.161 e. The predicted octanol–water partition coefficient (Wildman–Crippen LogP) is 2.03. The second-order valence-corrected chi connectivity index (χ2v) is 7.20. The van der Waals surface area contributed by atoms with Gasteiger partial charge in [-0.05, 0) is 38.9 Å². The number of benzene rings is 1. The van der Waals surface area contributed by atoms with Crippen LogP contribution in [0, 0.1) is 6.92 Å². The molecule has 7 heteroatoms. The van der Waals surface area contributed by atoms with Crippen LogP contribution in [-0.2, 0) is 4.74 Å². The molecule has 1 aliphatic heterocycles. The van der Waals surface area contributed by atoms with Crippen molar-refractivity contribution < 1.29 is 14.6 Å². The molecule has 1 fully saturated rings. The summed E-state index contributed by atoms with van der Waals surface area (Å²) in [6.45, 7) is 4.30. The van der Waals surface area contributed by atoms with Crippen LogP contribution in [-0.4, -0.2) is 67.7 Å². The highest BCUT2D eigenvalue weighted by atomic mass is 16.5. The lowest BCUT2D eigenvalue weighted by atomic mass is 10.1. The molecule has 0 aliphatic carbocycles. The molecule has 152 valence electrons. The summed E-state index contributed by atoms with van der Waals surface area (Å²) in [6, 6.07) is 10.1. The Morgan fingerprint density at radius 1 is 1.29 bits per heavy atom. The van der Waals surface area contributed by atoms with Gasteiger partial charge in [0.25, 0.3) is 0 Å². The fourth-order valence-electron chi connectivity index (χ4n) is 3.33. The zero-order valence-electron chi connectivity index (χ0n) is 16.9. The molecule has 7 nitrogen and oxygen atoms in total. The molecule has 2 aromatic rings. The summed E-state index contributed by atoms with van der Waals surface area (Å²) in [5.41, 5.74) is 1.82. The number of hydrogen-bond acceptors (Lipinski definition) is 7. The summed E-state index contributed by atoms with van der Waals surface area (Å²) in [5.74, 6) is 2.29. The Balaban J connectivity index is 1.77. The van der Waals surface area contributed by atoms with Gasteiger partial charge in [-0.2, -0.15) is 0 Å². The van der Waals surface area contributed by atoms with Crippen molar-refractivity contribution in [1.29, 1.82) is 0 Å². The van der Waals surface area contributed by atoms with Crippen LogP contribution in [0.5, 0.6) is 5.75 Å². The van der Waals surface area contributed by atoms with Gasteiger partial charge in [-0.15, -0.1) is 0 Å². The monoisotopic (exact) mass is 386 g/mol. The second-order valence-electron chi connectivity index (χ2n) is 7.20. The number of nitrogens with zero attached hydrogens (tertiary/aromatic N) is 3. The molecular weight excluding hydrogens is 356 g/mol. The van der Waals surface area contributed by atoms with E-state index in [0.29, 0.717) is 24.2 Å². The number of aromatic nitrogens is 2. The third-order valence-corrected chi connectivity index (χ3v) is 4.91. The van der Waals surface area contributed by atoms with Crippen molar-refractivity contribution in [2.24, 2.45) is 0 Å². The first-order valence-electron chi connectivity index (χ1n) is 9.79. The van der Waals surface area contributed by atoms with Crippen LogP contribution < -0.4 is 15.0 Å². The van der Waals surface area contributed by atoms with Gasteiger partial charge in [0, 0.05) is 50.2 Å². The fraction of sp³-hybridized carbons (Fsp3) is 0.524. The number of rotatable bonds is 8. The largest absolute Gasteiger partial charge is 0.491 e. The SMILES string of the molecule is CNCC(O)COc1cccc(-c2nc(C)cc(N(C)C3CCOCC3)n2)c1. The van der Waals surface area contributed by atoms with E-state index in [1.807, 2.05) is 37.3 Å². The quantitative estimate of drug-likeness (QED) is 0.718. The van der Waals surface area contributed by atoms with E-state index in [1.54, 1.807) is 7.05 Å². The standard InChI is InChI=1S/C21H30N4O3/c1-15-11-20(25(3)17-7-9-27-10-8-17)24-21(23-15)16-5-4-6-19(12-16)28-14-18(26)13-22-2/h4-6,11-12,17-18,22,26H,7-10,13-14H2,1-3H3. The first-order chi connectivity index (χ1) is 13.6. The highest BCUT2D eigenvalue weighted by Crippen LogP contribution is 2.25. The number of nitrogens with one attached hydrogen (secondary N) is 1. The maximum atomic E-state index is 9.83. The highest BCUT2D eigenvalue weighted by Gasteiger charge is 2.20. The van der Waals surface area contributed by atoms with Crippen LogP contribution in [0.2, 0.25) is 0 Å². The molecule has 0 spiro atoms. The molecular formula is C21H30N4O3. The summed E-state index contributed by atoms with van der Waals surface area (Å²) in [4.78, 5) is 11.7. The zero-order chi connectivity index (χ0) is 19.9. The minimum absolute atomic E-state index is 0.233. The average Bonchev–Trinajstić information content (AvgIpc) is 2.72. The number of likely N-dealkylation sites (N-methyl/N-ethyl adjacent to an activating group) is 1. The Kier molecular flexibility index (Phi) is 7.19. The Hall–Kier alpha value is -2.22. The lowest BCUT2D eigenvalue weighted by Gasteiger charge is -2.32. The molecule has 28 heavy (non-hydrogen) atoms. The molecule has 0 saturated carbocycles. The van der Waals surface area contributed by atoms with Crippen LogP contribution in [0.3, 0.4) is 0 Å². The maximum absolute atomic E-state index is 9.83. The molecule has 2 N–H and O–H groups in total. The van der Waals surface area contributed by atoms with E-state index in [9.17, 15) is 5.11 Å². The van der Waals surface area contributed by atoms with Crippen molar-refractivity contribution in [3.8, 4) is 17.1 Å². The minimum Gasteiger partial charge on any atom is -0.491 e. The van der Waals surface area contributed by atoms with Crippen LogP contribution in [0.1, 0.15) is 18.5 Å². The lowest BCUT2D eigenvalue weighted by Crippen LogP contribution is -2.37. The molecule has 0 radical (unpaired) electrons. The van der Waals surface area contributed by atoms with Crippen molar-refractivity contribution in [1.82, 2.24) is 15.3 Å². The van der Waals surface area contributed by atoms with Crippen molar-refractivity contribution >= 4 is 5.82 Å². The van der Waals surface area contributed by atoms with Gasteiger partial charge in [-0.1, -0.05) is 12.1 Å². The molecule has 2 heterocycles. The molecule has 1 unspecified atom stereocenters. The lowest BCUT2D eigenvalue weighted by molar-refractivity contribution is 0.0853. The molecule has 1 saturated heterocycles. The van der Waals surface area contributed by atoms with E-state index < -0.39 is 6.10 Å². The van der Waals surface area contributed by atoms with Crippen LogP contribution >= 0.6 is 0 Å². The van der Waals surface area contributed by atoms with Gasteiger partial charge in [-0.3, -0.25) is 0 Å². The van der Waals surface area contributed by atoms with E-state index in [0.717, 1.165) is 43.1 Å². The van der Waals surface area contributed by atoms with Gasteiger partial charge >= 0.3 is 0 Å². The molecule has 1 aromatic heterocycles. The molecule has 1 atom stereocenters. The summed E-state index contributed by atoms with van der Waals surface area (Å²) in [5, 5.41) is 12.8. The Labute approximate surface area is 166 Å². The summed E-state index contributed by atoms with van der Waals surface area (Å²) in [7, 11) is 3.89. The third kappa shape index (κ3) is 5.41. The van der Waals surface area contributed by atoms with Crippen LogP contribution in [0.4, 0.5) is 5.82 Å². The van der Waals surface area contributed by atoms with Crippen molar-refractivity contribution in [2.75, 3.05) is 45.4 Å². The van der Waals surface area contributed by atoms with Gasteiger partial charge in [0.1, 0.15) is 24.3 Å². The molecule has 0 bridgehead atoms. The topological polar surface area (TPSA) is 79.7 Å². The number of anilines is 1. The zero-order valence-corrected chi connectivity index (χ0v) is 16.9. The molecule has 1 aliphatic rings. The second kappa shape index (κ2) is 9.82. The number of aliphatic hydroxyl groups is 1. The first-order valence-corrected chi connectivity index (χ1v) is 9.79. The Morgan fingerprint density at radius 2 is 2.07 bits per heavy atom.